The number of aryl methyl sites for hydroxylation is 1. The second-order valence-electron chi connectivity index (χ2n) is 3.85. The van der Waals surface area contributed by atoms with Gasteiger partial charge in [-0.3, -0.25) is 0 Å². The molecule has 0 bridgehead atoms. The first-order valence-corrected chi connectivity index (χ1v) is 5.35. The number of rotatable bonds is 5. The number of nitrogens with two attached hydrogens (primary N) is 1. The van der Waals surface area contributed by atoms with Gasteiger partial charge in [-0.25, -0.2) is 4.98 Å². The van der Waals surface area contributed by atoms with E-state index in [1.165, 1.54) is 0 Å². The van der Waals surface area contributed by atoms with Gasteiger partial charge in [0, 0.05) is 0 Å². The third kappa shape index (κ3) is 3.66. The molecule has 0 aliphatic rings. The summed E-state index contributed by atoms with van der Waals surface area (Å²) in [7, 11) is 0. The van der Waals surface area contributed by atoms with Gasteiger partial charge in [0.15, 0.2) is 0 Å². The predicted molar refractivity (Wildman–Crippen MR) is 62.5 cm³/mol. The van der Waals surface area contributed by atoms with E-state index < -0.39 is 0 Å². The summed E-state index contributed by atoms with van der Waals surface area (Å²) in [6.45, 7) is 8.60. The molecule has 5 heteroatoms. The largest absolute Gasteiger partial charge is 0.475 e. The molecule has 90 valence electrons. The van der Waals surface area contributed by atoms with Gasteiger partial charge in [0.25, 0.3) is 0 Å². The zero-order valence-corrected chi connectivity index (χ0v) is 10.3. The fourth-order valence-electron chi connectivity index (χ4n) is 1.19. The molecule has 16 heavy (non-hydrogen) atoms. The molecule has 0 radical (unpaired) electrons. The number of anilines is 1. The number of nitrogens with zero attached hydrogens (tertiary/aromatic N) is 2. The summed E-state index contributed by atoms with van der Waals surface area (Å²) in [5.74, 6) is 1.62. The summed E-state index contributed by atoms with van der Waals surface area (Å²) in [4.78, 5) is 8.23. The van der Waals surface area contributed by atoms with Crippen LogP contribution in [0.5, 0.6) is 5.88 Å². The van der Waals surface area contributed by atoms with Crippen molar-refractivity contribution in [2.24, 2.45) is 0 Å². The van der Waals surface area contributed by atoms with Gasteiger partial charge in [0.1, 0.15) is 18.2 Å². The molecule has 5 nitrogen and oxygen atoms in total. The van der Waals surface area contributed by atoms with Crippen LogP contribution in [-0.4, -0.2) is 29.3 Å². The number of hydrogen-bond donors (Lipinski definition) is 1. The van der Waals surface area contributed by atoms with Crippen LogP contribution in [0.2, 0.25) is 0 Å². The maximum atomic E-state index is 5.71. The van der Waals surface area contributed by atoms with E-state index in [0.717, 1.165) is 5.56 Å². The van der Waals surface area contributed by atoms with Crippen molar-refractivity contribution in [2.45, 2.75) is 33.8 Å². The molecule has 1 aromatic heterocycles. The average Bonchev–Trinajstić information content (AvgIpc) is 2.19. The van der Waals surface area contributed by atoms with Crippen molar-refractivity contribution in [1.82, 2.24) is 9.97 Å². The van der Waals surface area contributed by atoms with E-state index in [-0.39, 0.29) is 6.10 Å². The minimum atomic E-state index is 0.210. The molecule has 0 atom stereocenters. The highest BCUT2D eigenvalue weighted by molar-refractivity contribution is 5.44. The molecule has 0 saturated heterocycles. The van der Waals surface area contributed by atoms with Crippen LogP contribution in [0.3, 0.4) is 0 Å². The summed E-state index contributed by atoms with van der Waals surface area (Å²) >= 11 is 0. The van der Waals surface area contributed by atoms with Crippen molar-refractivity contribution >= 4 is 5.82 Å². The molecule has 2 N–H and O–H groups in total. The van der Waals surface area contributed by atoms with E-state index in [1.54, 1.807) is 6.92 Å². The van der Waals surface area contributed by atoms with Crippen LogP contribution >= 0.6 is 0 Å². The molecule has 0 amide bonds. The zero-order valence-electron chi connectivity index (χ0n) is 10.3. The van der Waals surface area contributed by atoms with Crippen molar-refractivity contribution in [1.29, 1.82) is 0 Å². The highest BCUT2D eigenvalue weighted by atomic mass is 16.5. The summed E-state index contributed by atoms with van der Waals surface area (Å²) < 4.78 is 10.9. The standard InChI is InChI=1S/C11H19N3O2/c1-7(2)15-5-6-16-11-8(3)10(12)13-9(4)14-11/h7H,5-6H2,1-4H3,(H2,12,13,14). The van der Waals surface area contributed by atoms with Crippen LogP contribution in [0.15, 0.2) is 0 Å². The van der Waals surface area contributed by atoms with Crippen molar-refractivity contribution in [3.63, 3.8) is 0 Å². The number of hydrogen-bond acceptors (Lipinski definition) is 5. The first kappa shape index (κ1) is 12.7. The summed E-state index contributed by atoms with van der Waals surface area (Å²) in [5.41, 5.74) is 6.48. The Labute approximate surface area is 96.0 Å². The van der Waals surface area contributed by atoms with E-state index in [9.17, 15) is 0 Å². The monoisotopic (exact) mass is 225 g/mol. The number of ether oxygens (including phenoxy) is 2. The number of nitrogen functional groups attached to an aromatic ring is 1. The van der Waals surface area contributed by atoms with E-state index in [2.05, 4.69) is 9.97 Å². The Hall–Kier alpha value is -1.36. The maximum absolute atomic E-state index is 5.71. The molecule has 0 spiro atoms. The van der Waals surface area contributed by atoms with Crippen LogP contribution in [0.4, 0.5) is 5.82 Å². The lowest BCUT2D eigenvalue weighted by Gasteiger charge is -2.11. The minimum absolute atomic E-state index is 0.210. The molecule has 1 rings (SSSR count). The summed E-state index contributed by atoms with van der Waals surface area (Å²) in [5, 5.41) is 0. The molecule has 0 aromatic carbocycles. The fourth-order valence-corrected chi connectivity index (χ4v) is 1.19. The van der Waals surface area contributed by atoms with E-state index in [4.69, 9.17) is 15.2 Å². The first-order chi connectivity index (χ1) is 7.50. The van der Waals surface area contributed by atoms with Crippen LogP contribution in [0.25, 0.3) is 0 Å². The molecule has 1 heterocycles. The SMILES string of the molecule is Cc1nc(N)c(C)c(OCCOC(C)C)n1. The van der Waals surface area contributed by atoms with Crippen molar-refractivity contribution < 1.29 is 9.47 Å². The Bertz CT molecular complexity index is 353. The van der Waals surface area contributed by atoms with Gasteiger partial charge < -0.3 is 15.2 Å². The van der Waals surface area contributed by atoms with Gasteiger partial charge in [0.2, 0.25) is 5.88 Å². The van der Waals surface area contributed by atoms with E-state index >= 15 is 0 Å². The van der Waals surface area contributed by atoms with Crippen LogP contribution in [-0.2, 0) is 4.74 Å². The van der Waals surface area contributed by atoms with Crippen LogP contribution in [0.1, 0.15) is 25.2 Å². The highest BCUT2D eigenvalue weighted by Gasteiger charge is 2.07. The molecule has 0 aliphatic heterocycles. The summed E-state index contributed by atoms with van der Waals surface area (Å²) in [6, 6.07) is 0. The minimum Gasteiger partial charge on any atom is -0.475 e. The van der Waals surface area contributed by atoms with Gasteiger partial charge in [-0.15, -0.1) is 0 Å². The maximum Gasteiger partial charge on any atom is 0.221 e. The lowest BCUT2D eigenvalue weighted by Crippen LogP contribution is -2.13. The Balaban J connectivity index is 2.53. The van der Waals surface area contributed by atoms with Gasteiger partial charge in [-0.1, -0.05) is 0 Å². The lowest BCUT2D eigenvalue weighted by atomic mass is 10.3. The van der Waals surface area contributed by atoms with Crippen molar-refractivity contribution in [3.8, 4) is 5.88 Å². The highest BCUT2D eigenvalue weighted by Crippen LogP contribution is 2.18. The molecule has 0 saturated carbocycles. The first-order valence-electron chi connectivity index (χ1n) is 5.35. The van der Waals surface area contributed by atoms with Gasteiger partial charge in [0.05, 0.1) is 18.3 Å². The van der Waals surface area contributed by atoms with Gasteiger partial charge >= 0.3 is 0 Å². The molecule has 0 unspecified atom stereocenters. The smallest absolute Gasteiger partial charge is 0.221 e. The zero-order chi connectivity index (χ0) is 12.1. The molecule has 0 aliphatic carbocycles. The van der Waals surface area contributed by atoms with Crippen molar-refractivity contribution in [2.75, 3.05) is 18.9 Å². The van der Waals surface area contributed by atoms with Gasteiger partial charge in [-0.05, 0) is 27.7 Å². The van der Waals surface area contributed by atoms with E-state index in [1.807, 2.05) is 20.8 Å². The van der Waals surface area contributed by atoms with Gasteiger partial charge in [-0.2, -0.15) is 4.98 Å². The fraction of sp³-hybridized carbons (Fsp3) is 0.636. The Morgan fingerprint density at radius 1 is 1.19 bits per heavy atom. The normalized spacial score (nSPS) is 10.8. The third-order valence-electron chi connectivity index (χ3n) is 2.02. The topological polar surface area (TPSA) is 70.3 Å². The van der Waals surface area contributed by atoms with Crippen LogP contribution < -0.4 is 10.5 Å². The summed E-state index contributed by atoms with van der Waals surface area (Å²) in [6.07, 6.45) is 0.210. The predicted octanol–water partition coefficient (Wildman–Crippen LogP) is 1.48. The van der Waals surface area contributed by atoms with Crippen LogP contribution in [0, 0.1) is 13.8 Å². The Kier molecular flexibility index (Phi) is 4.49. The Morgan fingerprint density at radius 2 is 1.88 bits per heavy atom. The number of aromatic nitrogens is 2. The molecular weight excluding hydrogens is 206 g/mol. The third-order valence-corrected chi connectivity index (χ3v) is 2.02. The molecule has 0 fully saturated rings. The lowest BCUT2D eigenvalue weighted by molar-refractivity contribution is 0.0540. The Morgan fingerprint density at radius 3 is 2.50 bits per heavy atom. The van der Waals surface area contributed by atoms with E-state index in [0.29, 0.717) is 30.7 Å². The molecule has 1 aromatic rings. The molecular formula is C11H19N3O2. The second kappa shape index (κ2) is 5.65. The van der Waals surface area contributed by atoms with Crippen molar-refractivity contribution in [3.05, 3.63) is 11.4 Å². The average molecular weight is 225 g/mol. The second-order valence-corrected chi connectivity index (χ2v) is 3.85. The quantitative estimate of drug-likeness (QED) is 0.768.